The maximum Gasteiger partial charge on any atom is 0.275 e. The van der Waals surface area contributed by atoms with Crippen LogP contribution in [0.15, 0.2) is 9.59 Å². The first-order chi connectivity index (χ1) is 5.91. The lowest BCUT2D eigenvalue weighted by molar-refractivity contribution is -0.115. The number of hydrogen-bond acceptors (Lipinski definition) is 5. The van der Waals surface area contributed by atoms with Gasteiger partial charge in [-0.25, -0.2) is 0 Å². The van der Waals surface area contributed by atoms with Crippen molar-refractivity contribution in [3.05, 3.63) is 20.4 Å². The maximum atomic E-state index is 9.95. The number of amides is 1. The number of primary amides is 1. The van der Waals surface area contributed by atoms with Crippen molar-refractivity contribution in [2.45, 2.75) is 0 Å². The first-order valence-corrected chi connectivity index (χ1v) is 4.49. The van der Waals surface area contributed by atoms with Crippen molar-refractivity contribution < 1.29 is 15.0 Å². The number of alkyl halides is 1. The van der Waals surface area contributed by atoms with Crippen molar-refractivity contribution in [3.63, 3.8) is 0 Å². The van der Waals surface area contributed by atoms with Gasteiger partial charge in [0.05, 0.1) is 4.43 Å². The average molecular weight is 299 g/mol. The molecule has 0 unspecified atom stereocenters. The average Bonchev–Trinajstić information content (AvgIpc) is 2.15. The molecule has 13 heavy (non-hydrogen) atoms. The molecule has 0 saturated carbocycles. The molecule has 0 heterocycles. The lowest BCUT2D eigenvalue weighted by Gasteiger charge is -1.92. The maximum absolute atomic E-state index is 9.95. The molecule has 0 atom stereocenters. The third-order valence-corrected chi connectivity index (χ3v) is 1.74. The van der Waals surface area contributed by atoms with E-state index in [0.29, 0.717) is 4.43 Å². The Kier molecular flexibility index (Phi) is 4.38. The molecule has 0 bridgehead atoms. The van der Waals surface area contributed by atoms with Crippen molar-refractivity contribution >= 4 is 28.5 Å². The predicted octanol–water partition coefficient (Wildman–Crippen LogP) is -1.40. The zero-order chi connectivity index (χ0) is 10.6. The number of nitrogens with two attached hydrogens (primary N) is 1. The van der Waals surface area contributed by atoms with Gasteiger partial charge in [0.25, 0.3) is 10.9 Å². The van der Waals surface area contributed by atoms with Crippen LogP contribution in [0.1, 0.15) is 0 Å². The van der Waals surface area contributed by atoms with Crippen LogP contribution in [0.25, 0.3) is 0 Å². The predicted molar refractivity (Wildman–Crippen MR) is 52.8 cm³/mol. The SMILES string of the molecule is NC(=O)CI.O=c1c(O)c(O)c1=O. The van der Waals surface area contributed by atoms with Crippen molar-refractivity contribution in [1.82, 2.24) is 0 Å². The molecule has 72 valence electrons. The van der Waals surface area contributed by atoms with Gasteiger partial charge in [-0.1, -0.05) is 22.6 Å². The zero-order valence-electron chi connectivity index (χ0n) is 6.28. The van der Waals surface area contributed by atoms with E-state index >= 15 is 0 Å². The van der Waals surface area contributed by atoms with Gasteiger partial charge in [-0.3, -0.25) is 14.4 Å². The van der Waals surface area contributed by atoms with E-state index < -0.39 is 22.4 Å². The molecule has 6 nitrogen and oxygen atoms in total. The van der Waals surface area contributed by atoms with E-state index in [0.717, 1.165) is 0 Å². The van der Waals surface area contributed by atoms with E-state index in [-0.39, 0.29) is 5.91 Å². The Morgan fingerprint density at radius 2 is 1.46 bits per heavy atom. The standard InChI is InChI=1S/C4H2O4.C2H4INO/c5-1-2(6)4(8)3(1)7;3-1-2(4)5/h5-6H;1H2,(H2,4,5). The summed E-state index contributed by atoms with van der Waals surface area (Å²) in [6, 6.07) is 0. The lowest BCUT2D eigenvalue weighted by Crippen LogP contribution is -2.28. The Morgan fingerprint density at radius 3 is 1.54 bits per heavy atom. The topological polar surface area (TPSA) is 118 Å². The summed E-state index contributed by atoms with van der Waals surface area (Å²) < 4.78 is 0.414. The van der Waals surface area contributed by atoms with Crippen LogP contribution in [0, 0.1) is 0 Å². The third kappa shape index (κ3) is 3.01. The molecule has 1 rings (SSSR count). The highest BCUT2D eigenvalue weighted by atomic mass is 127. The van der Waals surface area contributed by atoms with Crippen LogP contribution in [0.5, 0.6) is 11.5 Å². The number of rotatable bonds is 1. The Bertz CT molecular complexity index is 348. The van der Waals surface area contributed by atoms with Crippen LogP contribution in [0.4, 0.5) is 0 Å². The van der Waals surface area contributed by atoms with Crippen LogP contribution in [0.2, 0.25) is 0 Å². The van der Waals surface area contributed by atoms with Gasteiger partial charge < -0.3 is 15.9 Å². The van der Waals surface area contributed by atoms with Gasteiger partial charge in [-0.2, -0.15) is 0 Å². The minimum absolute atomic E-state index is 0.259. The number of halogens is 1. The van der Waals surface area contributed by atoms with Gasteiger partial charge in [-0.05, 0) is 0 Å². The van der Waals surface area contributed by atoms with E-state index in [9.17, 15) is 14.4 Å². The summed E-state index contributed by atoms with van der Waals surface area (Å²) in [4.78, 5) is 29.5. The second kappa shape index (κ2) is 4.80. The first-order valence-electron chi connectivity index (χ1n) is 2.97. The molecule has 4 N–H and O–H groups in total. The molecule has 7 heteroatoms. The highest BCUT2D eigenvalue weighted by molar-refractivity contribution is 14.1. The molecule has 0 aliphatic carbocycles. The van der Waals surface area contributed by atoms with Gasteiger partial charge in [0.1, 0.15) is 0 Å². The second-order valence-electron chi connectivity index (χ2n) is 1.96. The van der Waals surface area contributed by atoms with Crippen molar-refractivity contribution in [3.8, 4) is 11.5 Å². The van der Waals surface area contributed by atoms with Gasteiger partial charge in [0, 0.05) is 0 Å². The van der Waals surface area contributed by atoms with Crippen molar-refractivity contribution in [1.29, 1.82) is 0 Å². The van der Waals surface area contributed by atoms with E-state index in [1.165, 1.54) is 0 Å². The van der Waals surface area contributed by atoms with Crippen LogP contribution in [-0.4, -0.2) is 20.5 Å². The fourth-order valence-electron chi connectivity index (χ4n) is 0.368. The summed E-state index contributed by atoms with van der Waals surface area (Å²) in [6.07, 6.45) is 0. The molecule has 1 amide bonds. The molecular formula is C6H6INO5. The van der Waals surface area contributed by atoms with Crippen molar-refractivity contribution in [2.24, 2.45) is 5.73 Å². The monoisotopic (exact) mass is 299 g/mol. The fourth-order valence-corrected chi connectivity index (χ4v) is 0.368. The second-order valence-corrected chi connectivity index (χ2v) is 2.72. The van der Waals surface area contributed by atoms with Crippen LogP contribution in [-0.2, 0) is 4.79 Å². The van der Waals surface area contributed by atoms with Gasteiger partial charge >= 0.3 is 0 Å². The Morgan fingerprint density at radius 1 is 1.23 bits per heavy atom. The quantitative estimate of drug-likeness (QED) is 0.335. The van der Waals surface area contributed by atoms with Gasteiger partial charge in [-0.15, -0.1) is 0 Å². The summed E-state index contributed by atoms with van der Waals surface area (Å²) in [5.41, 5.74) is 2.62. The molecule has 0 saturated heterocycles. The third-order valence-electron chi connectivity index (χ3n) is 0.992. The highest BCUT2D eigenvalue weighted by Crippen LogP contribution is 2.13. The smallest absolute Gasteiger partial charge is 0.275 e. The lowest BCUT2D eigenvalue weighted by atomic mass is 10.2. The van der Waals surface area contributed by atoms with Crippen LogP contribution < -0.4 is 16.6 Å². The summed E-state index contributed by atoms with van der Waals surface area (Å²) in [5, 5.41) is 16.4. The summed E-state index contributed by atoms with van der Waals surface area (Å²) >= 11 is 1.90. The normalized spacial score (nSPS) is 9.00. The number of carbonyl (C=O) groups is 1. The molecule has 0 aliphatic heterocycles. The van der Waals surface area contributed by atoms with Gasteiger partial charge in [0.2, 0.25) is 17.4 Å². The van der Waals surface area contributed by atoms with Crippen molar-refractivity contribution in [2.75, 3.05) is 4.43 Å². The Balaban J connectivity index is 0.000000252. The van der Waals surface area contributed by atoms with Crippen LogP contribution >= 0.6 is 22.6 Å². The minimum atomic E-state index is -1.01. The molecule has 0 spiro atoms. The summed E-state index contributed by atoms with van der Waals surface area (Å²) in [7, 11) is 0. The molecule has 1 aromatic rings. The first kappa shape index (κ1) is 11.9. The summed E-state index contributed by atoms with van der Waals surface area (Å²) in [5.74, 6) is -1.91. The molecule has 0 aromatic heterocycles. The Hall–Kier alpha value is -1.12. The van der Waals surface area contributed by atoms with E-state index in [2.05, 4.69) is 5.73 Å². The van der Waals surface area contributed by atoms with Crippen LogP contribution in [0.3, 0.4) is 0 Å². The summed E-state index contributed by atoms with van der Waals surface area (Å²) in [6.45, 7) is 0. The molecule has 0 radical (unpaired) electrons. The molecule has 1 aromatic carbocycles. The van der Waals surface area contributed by atoms with E-state index in [4.69, 9.17) is 10.2 Å². The minimum Gasteiger partial charge on any atom is -0.501 e. The van der Waals surface area contributed by atoms with Gasteiger partial charge in [0.15, 0.2) is 0 Å². The van der Waals surface area contributed by atoms with E-state index in [1.807, 2.05) is 22.6 Å². The molecule has 0 fully saturated rings. The number of carbonyl (C=O) groups excluding carboxylic acids is 1. The zero-order valence-corrected chi connectivity index (χ0v) is 8.44. The largest absolute Gasteiger partial charge is 0.501 e. The highest BCUT2D eigenvalue weighted by Gasteiger charge is 2.17. The number of hydrogen-bond donors (Lipinski definition) is 3. The van der Waals surface area contributed by atoms with E-state index in [1.54, 1.807) is 0 Å². The Labute approximate surface area is 85.8 Å². The molecular weight excluding hydrogens is 293 g/mol. The fraction of sp³-hybridized carbons (Fsp3) is 0.167. The molecule has 0 aliphatic rings. The number of aromatic hydroxyl groups is 2.